The molecule has 2 aromatic rings. The Morgan fingerprint density at radius 3 is 2.27 bits per heavy atom. The molecular weight excluding hydrogens is 348 g/mol. The summed E-state index contributed by atoms with van der Waals surface area (Å²) in [4.78, 5) is 31.4. The molecule has 134 valence electrons. The zero-order valence-electron chi connectivity index (χ0n) is 13.0. The van der Waals surface area contributed by atoms with Gasteiger partial charge in [-0.2, -0.15) is 5.10 Å². The monoisotopic (exact) mass is 360 g/mol. The molecule has 0 aromatic heterocycles. The summed E-state index contributed by atoms with van der Waals surface area (Å²) in [7, 11) is 0. The highest BCUT2D eigenvalue weighted by Gasteiger charge is 2.20. The number of carboxylic acid groups (broad SMARTS) is 1. The average molecular weight is 360 g/mol. The molecule has 0 atom stereocenters. The van der Waals surface area contributed by atoms with Gasteiger partial charge in [0, 0.05) is 12.5 Å². The first-order valence-electron chi connectivity index (χ1n) is 7.04. The van der Waals surface area contributed by atoms with Gasteiger partial charge in [0.2, 0.25) is 0 Å². The van der Waals surface area contributed by atoms with Gasteiger partial charge in [0.25, 0.3) is 5.69 Å². The molecule has 0 aliphatic heterocycles. The van der Waals surface area contributed by atoms with Crippen molar-refractivity contribution < 1.29 is 24.9 Å². The Kier molecular flexibility index (Phi) is 5.43. The molecule has 0 spiro atoms. The lowest BCUT2D eigenvalue weighted by atomic mass is 10.1. The van der Waals surface area contributed by atoms with Gasteiger partial charge in [-0.15, -0.1) is 0 Å². The maximum Gasteiger partial charge on any atom is 0.352 e. The van der Waals surface area contributed by atoms with Crippen LogP contribution in [0.4, 0.5) is 17.1 Å². The van der Waals surface area contributed by atoms with Gasteiger partial charge in [-0.25, -0.2) is 4.79 Å². The second-order valence-corrected chi connectivity index (χ2v) is 5.03. The largest absolute Gasteiger partial charge is 0.508 e. The number of carbonyl (C=O) groups is 1. The molecule has 0 saturated carbocycles. The van der Waals surface area contributed by atoms with Crippen molar-refractivity contribution in [2.45, 2.75) is 6.42 Å². The fraction of sp³-hybridized carbons (Fsp3) is 0.0667. The van der Waals surface area contributed by atoms with Crippen LogP contribution in [0.2, 0.25) is 0 Å². The van der Waals surface area contributed by atoms with Crippen molar-refractivity contribution in [1.82, 2.24) is 0 Å². The van der Waals surface area contributed by atoms with Gasteiger partial charge in [-0.05, 0) is 23.8 Å². The number of benzene rings is 2. The number of carboxylic acids is 1. The number of nitro groups is 2. The molecule has 2 aromatic carbocycles. The Bertz CT molecular complexity index is 893. The Balaban J connectivity index is 2.29. The minimum Gasteiger partial charge on any atom is -0.508 e. The highest BCUT2D eigenvalue weighted by molar-refractivity contribution is 6.36. The third kappa shape index (κ3) is 4.50. The van der Waals surface area contributed by atoms with Gasteiger partial charge in [0.15, 0.2) is 0 Å². The maximum absolute atomic E-state index is 11.3. The van der Waals surface area contributed by atoms with Crippen LogP contribution in [0.1, 0.15) is 5.56 Å². The summed E-state index contributed by atoms with van der Waals surface area (Å²) in [6, 6.07) is 8.61. The quantitative estimate of drug-likeness (QED) is 0.384. The van der Waals surface area contributed by atoms with Crippen molar-refractivity contribution in [3.05, 3.63) is 68.3 Å². The zero-order chi connectivity index (χ0) is 19.3. The number of hydrazone groups is 1. The fourth-order valence-corrected chi connectivity index (χ4v) is 1.98. The second-order valence-electron chi connectivity index (χ2n) is 5.03. The third-order valence-corrected chi connectivity index (χ3v) is 3.25. The summed E-state index contributed by atoms with van der Waals surface area (Å²) in [6.07, 6.45) is -0.108. The highest BCUT2D eigenvalue weighted by atomic mass is 16.6. The fourth-order valence-electron chi connectivity index (χ4n) is 1.98. The number of phenols is 1. The summed E-state index contributed by atoms with van der Waals surface area (Å²) in [5.41, 5.74) is 1.19. The predicted octanol–water partition coefficient (Wildman–Crippen LogP) is 2.30. The number of phenolic OH excluding ortho intramolecular Hbond substituents is 1. The number of nitrogens with zero attached hydrogens (tertiary/aromatic N) is 3. The van der Waals surface area contributed by atoms with Crippen molar-refractivity contribution >= 4 is 28.7 Å². The molecule has 0 saturated heterocycles. The number of rotatable bonds is 7. The molecule has 3 N–H and O–H groups in total. The zero-order valence-corrected chi connectivity index (χ0v) is 13.0. The lowest BCUT2D eigenvalue weighted by Gasteiger charge is -2.05. The van der Waals surface area contributed by atoms with Crippen molar-refractivity contribution in [3.8, 4) is 5.75 Å². The van der Waals surface area contributed by atoms with E-state index >= 15 is 0 Å². The molecule has 0 fully saturated rings. The van der Waals surface area contributed by atoms with E-state index in [1.165, 1.54) is 24.3 Å². The summed E-state index contributed by atoms with van der Waals surface area (Å²) in [5.74, 6) is -1.34. The van der Waals surface area contributed by atoms with E-state index in [-0.39, 0.29) is 23.6 Å². The van der Waals surface area contributed by atoms with Gasteiger partial charge in [-0.3, -0.25) is 25.7 Å². The van der Waals surface area contributed by atoms with Crippen LogP contribution < -0.4 is 5.43 Å². The predicted molar refractivity (Wildman–Crippen MR) is 90.3 cm³/mol. The number of non-ortho nitro benzene ring substituents is 1. The Morgan fingerprint density at radius 2 is 1.73 bits per heavy atom. The van der Waals surface area contributed by atoms with Gasteiger partial charge in [0.1, 0.15) is 17.1 Å². The number of hydrogen-bond donors (Lipinski definition) is 3. The molecule has 11 heteroatoms. The van der Waals surface area contributed by atoms with Gasteiger partial charge < -0.3 is 10.2 Å². The van der Waals surface area contributed by atoms with Crippen molar-refractivity contribution in [2.24, 2.45) is 5.10 Å². The standard InChI is InChI=1S/C15H12N4O7/c20-11-4-1-9(2-5-11)7-13(15(21)22)17-16-12-6-3-10(18(23)24)8-14(12)19(25)26/h1-6,8,16,20H,7H2,(H,21,22)/b17-13+. The average Bonchev–Trinajstić information content (AvgIpc) is 2.59. The first-order chi connectivity index (χ1) is 12.3. The van der Waals surface area contributed by atoms with Crippen molar-refractivity contribution in [1.29, 1.82) is 0 Å². The lowest BCUT2D eigenvalue weighted by Crippen LogP contribution is -2.18. The van der Waals surface area contributed by atoms with Gasteiger partial charge in [0.05, 0.1) is 15.9 Å². The van der Waals surface area contributed by atoms with E-state index in [9.17, 15) is 35.2 Å². The van der Waals surface area contributed by atoms with Crippen LogP contribution in [-0.2, 0) is 11.2 Å². The molecule has 26 heavy (non-hydrogen) atoms. The van der Waals surface area contributed by atoms with Crippen LogP contribution in [0.5, 0.6) is 5.75 Å². The van der Waals surface area contributed by atoms with Gasteiger partial charge in [-0.1, -0.05) is 12.1 Å². The van der Waals surface area contributed by atoms with E-state index in [0.29, 0.717) is 5.56 Å². The Hall–Kier alpha value is -4.02. The van der Waals surface area contributed by atoms with Crippen LogP contribution in [0.3, 0.4) is 0 Å². The second kappa shape index (κ2) is 7.70. The molecule has 0 aliphatic rings. The molecule has 0 radical (unpaired) electrons. The lowest BCUT2D eigenvalue weighted by molar-refractivity contribution is -0.393. The van der Waals surface area contributed by atoms with E-state index in [2.05, 4.69) is 10.5 Å². The summed E-state index contributed by atoms with van der Waals surface area (Å²) >= 11 is 0. The number of hydrogen-bond acceptors (Lipinski definition) is 8. The number of aromatic hydroxyl groups is 1. The number of aliphatic carboxylic acids is 1. The Morgan fingerprint density at radius 1 is 1.08 bits per heavy atom. The summed E-state index contributed by atoms with van der Waals surface area (Å²) in [5, 5.41) is 43.9. The molecule has 11 nitrogen and oxygen atoms in total. The molecule has 0 heterocycles. The van der Waals surface area contributed by atoms with E-state index in [0.717, 1.165) is 18.2 Å². The van der Waals surface area contributed by atoms with E-state index in [1.807, 2.05) is 0 Å². The van der Waals surface area contributed by atoms with Crippen LogP contribution in [-0.4, -0.2) is 31.7 Å². The molecular formula is C15H12N4O7. The van der Waals surface area contributed by atoms with Crippen molar-refractivity contribution in [2.75, 3.05) is 5.43 Å². The molecule has 0 aliphatic carbocycles. The van der Waals surface area contributed by atoms with E-state index < -0.39 is 27.2 Å². The smallest absolute Gasteiger partial charge is 0.352 e. The molecule has 0 unspecified atom stereocenters. The first kappa shape index (κ1) is 18.3. The SMILES string of the molecule is O=C(O)/C(Cc1ccc(O)cc1)=N/Nc1ccc([N+](=O)[O-])cc1[N+](=O)[O-]. The highest BCUT2D eigenvalue weighted by Crippen LogP contribution is 2.29. The number of nitrogens with one attached hydrogen (secondary N) is 1. The minimum atomic E-state index is -1.35. The Labute approximate surface area is 145 Å². The minimum absolute atomic E-state index is 0.0159. The van der Waals surface area contributed by atoms with E-state index in [1.54, 1.807) is 0 Å². The first-order valence-corrected chi connectivity index (χ1v) is 7.04. The molecule has 0 bridgehead atoms. The number of nitro benzene ring substituents is 2. The molecule has 0 amide bonds. The van der Waals surface area contributed by atoms with Crippen LogP contribution >= 0.6 is 0 Å². The molecule has 2 rings (SSSR count). The van der Waals surface area contributed by atoms with Crippen molar-refractivity contribution in [3.63, 3.8) is 0 Å². The topological polar surface area (TPSA) is 168 Å². The van der Waals surface area contributed by atoms with Crippen LogP contribution in [0.25, 0.3) is 0 Å². The van der Waals surface area contributed by atoms with Crippen LogP contribution in [0, 0.1) is 20.2 Å². The van der Waals surface area contributed by atoms with E-state index in [4.69, 9.17) is 0 Å². The number of anilines is 1. The third-order valence-electron chi connectivity index (χ3n) is 3.25. The van der Waals surface area contributed by atoms with Crippen LogP contribution in [0.15, 0.2) is 47.6 Å². The van der Waals surface area contributed by atoms with Gasteiger partial charge >= 0.3 is 11.7 Å². The normalized spacial score (nSPS) is 11.0. The summed E-state index contributed by atoms with van der Waals surface area (Å²) in [6.45, 7) is 0. The summed E-state index contributed by atoms with van der Waals surface area (Å²) < 4.78 is 0. The maximum atomic E-state index is 11.3.